The lowest BCUT2D eigenvalue weighted by Gasteiger charge is -2.29. The highest BCUT2D eigenvalue weighted by atomic mass is 16.3. The first-order chi connectivity index (χ1) is 8.45. The number of nitrogens with two attached hydrogens (primary N) is 1. The zero-order valence-electron chi connectivity index (χ0n) is 11.6. The lowest BCUT2D eigenvalue weighted by molar-refractivity contribution is 0.0809. The van der Waals surface area contributed by atoms with Crippen LogP contribution in [-0.4, -0.2) is 17.3 Å². The van der Waals surface area contributed by atoms with E-state index in [0.717, 1.165) is 6.54 Å². The van der Waals surface area contributed by atoms with Gasteiger partial charge < -0.3 is 10.8 Å². The molecule has 1 saturated carbocycles. The molecule has 0 radical (unpaired) electrons. The molecule has 2 nitrogen and oxygen atoms in total. The first kappa shape index (κ1) is 13.6. The van der Waals surface area contributed by atoms with Gasteiger partial charge in [-0.05, 0) is 37.8 Å². The molecule has 2 heteroatoms. The number of hydrogen-bond donors (Lipinski definition) is 2. The summed E-state index contributed by atoms with van der Waals surface area (Å²) < 4.78 is 0. The predicted molar refractivity (Wildman–Crippen MR) is 75.6 cm³/mol. The van der Waals surface area contributed by atoms with Crippen LogP contribution in [0, 0.1) is 0 Å². The minimum absolute atomic E-state index is 0.190. The summed E-state index contributed by atoms with van der Waals surface area (Å²) in [6.07, 6.45) is 5.67. The topological polar surface area (TPSA) is 46.2 Å². The molecular weight excluding hydrogens is 222 g/mol. The molecule has 100 valence electrons. The Labute approximate surface area is 110 Å². The largest absolute Gasteiger partial charge is 0.390 e. The number of aliphatic hydroxyl groups is 1. The molecule has 1 fully saturated rings. The summed E-state index contributed by atoms with van der Waals surface area (Å²) in [6.45, 7) is 4.45. The van der Waals surface area contributed by atoms with Gasteiger partial charge in [0, 0.05) is 18.4 Å². The Morgan fingerprint density at radius 2 is 1.94 bits per heavy atom. The fraction of sp³-hybridized carbons (Fsp3) is 0.625. The van der Waals surface area contributed by atoms with Gasteiger partial charge in [-0.3, -0.25) is 0 Å². The Morgan fingerprint density at radius 3 is 2.50 bits per heavy atom. The van der Waals surface area contributed by atoms with Crippen LogP contribution in [0.4, 0.5) is 0 Å². The molecule has 0 unspecified atom stereocenters. The van der Waals surface area contributed by atoms with Crippen molar-refractivity contribution in [2.75, 3.05) is 6.54 Å². The van der Waals surface area contributed by atoms with Crippen LogP contribution in [0.2, 0.25) is 0 Å². The summed E-state index contributed by atoms with van der Waals surface area (Å²) >= 11 is 0. The summed E-state index contributed by atoms with van der Waals surface area (Å²) in [5.41, 5.74) is 8.14. The average Bonchev–Trinajstić information content (AvgIpc) is 2.77. The molecule has 0 aromatic heterocycles. The molecule has 1 aromatic rings. The second-order valence-electron chi connectivity index (χ2n) is 6.38. The summed E-state index contributed by atoms with van der Waals surface area (Å²) in [5, 5.41) is 9.92. The maximum atomic E-state index is 9.92. The van der Waals surface area contributed by atoms with E-state index in [9.17, 15) is 5.11 Å². The van der Waals surface area contributed by atoms with Gasteiger partial charge in [0.25, 0.3) is 0 Å². The summed E-state index contributed by atoms with van der Waals surface area (Å²) in [6, 6.07) is 8.65. The van der Waals surface area contributed by atoms with Gasteiger partial charge in [0.2, 0.25) is 0 Å². The smallest absolute Gasteiger partial charge is 0.0631 e. The minimum Gasteiger partial charge on any atom is -0.390 e. The van der Waals surface area contributed by atoms with Gasteiger partial charge in [-0.25, -0.2) is 0 Å². The highest BCUT2D eigenvalue weighted by Crippen LogP contribution is 2.40. The van der Waals surface area contributed by atoms with Crippen LogP contribution in [-0.2, 0) is 11.8 Å². The van der Waals surface area contributed by atoms with E-state index in [2.05, 4.69) is 24.3 Å². The molecule has 0 aliphatic heterocycles. The van der Waals surface area contributed by atoms with Crippen LogP contribution in [0.1, 0.15) is 50.7 Å². The van der Waals surface area contributed by atoms with Crippen LogP contribution in [0.3, 0.4) is 0 Å². The van der Waals surface area contributed by atoms with Crippen LogP contribution >= 0.6 is 0 Å². The third-order valence-electron chi connectivity index (χ3n) is 4.13. The van der Waals surface area contributed by atoms with E-state index in [1.807, 2.05) is 13.8 Å². The van der Waals surface area contributed by atoms with E-state index < -0.39 is 5.60 Å². The quantitative estimate of drug-likeness (QED) is 0.859. The van der Waals surface area contributed by atoms with Crippen molar-refractivity contribution in [1.29, 1.82) is 0 Å². The van der Waals surface area contributed by atoms with Crippen molar-refractivity contribution in [3.05, 3.63) is 35.4 Å². The Morgan fingerprint density at radius 1 is 1.28 bits per heavy atom. The maximum absolute atomic E-state index is 9.92. The summed E-state index contributed by atoms with van der Waals surface area (Å²) in [7, 11) is 0. The lowest BCUT2D eigenvalue weighted by atomic mass is 9.78. The van der Waals surface area contributed by atoms with Gasteiger partial charge in [-0.1, -0.05) is 37.1 Å². The highest BCUT2D eigenvalue weighted by molar-refractivity contribution is 5.32. The Hall–Kier alpha value is -0.860. The third kappa shape index (κ3) is 2.93. The highest BCUT2D eigenvalue weighted by Gasteiger charge is 2.34. The van der Waals surface area contributed by atoms with Gasteiger partial charge in [0.05, 0.1) is 5.60 Å². The second kappa shape index (κ2) is 5.02. The van der Waals surface area contributed by atoms with E-state index in [1.54, 1.807) is 0 Å². The van der Waals surface area contributed by atoms with Crippen LogP contribution in [0.25, 0.3) is 0 Å². The fourth-order valence-electron chi connectivity index (χ4n) is 3.17. The molecule has 1 aromatic carbocycles. The van der Waals surface area contributed by atoms with Crippen LogP contribution in [0.15, 0.2) is 24.3 Å². The van der Waals surface area contributed by atoms with E-state index >= 15 is 0 Å². The van der Waals surface area contributed by atoms with Gasteiger partial charge in [0.1, 0.15) is 0 Å². The average molecular weight is 247 g/mol. The Kier molecular flexibility index (Phi) is 3.79. The maximum Gasteiger partial charge on any atom is 0.0631 e. The van der Waals surface area contributed by atoms with Crippen LogP contribution in [0.5, 0.6) is 0 Å². The molecule has 0 bridgehead atoms. The first-order valence-electron chi connectivity index (χ1n) is 6.97. The standard InChI is InChI=1S/C16H25NO/c1-15(2,18)11-13-6-5-7-14(10-13)16(12-17)8-3-4-9-16/h5-7,10,18H,3-4,8-9,11-12,17H2,1-2H3. The molecule has 1 aliphatic rings. The molecule has 0 amide bonds. The fourth-order valence-corrected chi connectivity index (χ4v) is 3.17. The van der Waals surface area contributed by atoms with E-state index in [0.29, 0.717) is 6.42 Å². The van der Waals surface area contributed by atoms with Crippen molar-refractivity contribution < 1.29 is 5.11 Å². The number of rotatable bonds is 4. The van der Waals surface area contributed by atoms with E-state index in [4.69, 9.17) is 5.73 Å². The Bertz CT molecular complexity index is 400. The van der Waals surface area contributed by atoms with Crippen molar-refractivity contribution in [1.82, 2.24) is 0 Å². The zero-order valence-corrected chi connectivity index (χ0v) is 11.6. The molecule has 0 atom stereocenters. The van der Waals surface area contributed by atoms with Crippen molar-refractivity contribution in [3.8, 4) is 0 Å². The van der Waals surface area contributed by atoms with Crippen molar-refractivity contribution in [2.24, 2.45) is 5.73 Å². The van der Waals surface area contributed by atoms with Crippen LogP contribution < -0.4 is 5.73 Å². The number of benzene rings is 1. The molecule has 2 rings (SSSR count). The molecular formula is C16H25NO. The van der Waals surface area contributed by atoms with Gasteiger partial charge >= 0.3 is 0 Å². The first-order valence-corrected chi connectivity index (χ1v) is 6.97. The zero-order chi connectivity index (χ0) is 13.2. The molecule has 0 saturated heterocycles. The summed E-state index contributed by atoms with van der Waals surface area (Å²) in [4.78, 5) is 0. The van der Waals surface area contributed by atoms with E-state index in [-0.39, 0.29) is 5.41 Å². The Balaban J connectivity index is 2.26. The summed E-state index contributed by atoms with van der Waals surface area (Å²) in [5.74, 6) is 0. The van der Waals surface area contributed by atoms with Crippen molar-refractivity contribution in [2.45, 2.75) is 57.0 Å². The van der Waals surface area contributed by atoms with Crippen molar-refractivity contribution in [3.63, 3.8) is 0 Å². The molecule has 0 spiro atoms. The van der Waals surface area contributed by atoms with Gasteiger partial charge in [0.15, 0.2) is 0 Å². The van der Waals surface area contributed by atoms with Gasteiger partial charge in [-0.2, -0.15) is 0 Å². The SMILES string of the molecule is CC(C)(O)Cc1cccc(C2(CN)CCCC2)c1. The molecule has 3 N–H and O–H groups in total. The molecule has 0 heterocycles. The second-order valence-corrected chi connectivity index (χ2v) is 6.38. The minimum atomic E-state index is -0.649. The monoisotopic (exact) mass is 247 g/mol. The molecule has 1 aliphatic carbocycles. The number of hydrogen-bond acceptors (Lipinski definition) is 2. The third-order valence-corrected chi connectivity index (χ3v) is 4.13. The van der Waals surface area contributed by atoms with Crippen molar-refractivity contribution >= 4 is 0 Å². The normalized spacial score (nSPS) is 19.1. The lowest BCUT2D eigenvalue weighted by Crippen LogP contribution is -2.32. The molecule has 18 heavy (non-hydrogen) atoms. The van der Waals surface area contributed by atoms with Gasteiger partial charge in [-0.15, -0.1) is 0 Å². The van der Waals surface area contributed by atoms with E-state index in [1.165, 1.54) is 36.8 Å². The predicted octanol–water partition coefficient (Wildman–Crippen LogP) is 2.77.